The summed E-state index contributed by atoms with van der Waals surface area (Å²) in [5, 5.41) is 0.167. The van der Waals surface area contributed by atoms with Crippen molar-refractivity contribution in [1.29, 1.82) is 0 Å². The lowest BCUT2D eigenvalue weighted by molar-refractivity contribution is 0.201. The lowest BCUT2D eigenvalue weighted by Crippen LogP contribution is -2.30. The lowest BCUT2D eigenvalue weighted by Gasteiger charge is -2.31. The van der Waals surface area contributed by atoms with Crippen molar-refractivity contribution in [3.05, 3.63) is 48.6 Å². The second kappa shape index (κ2) is 7.33. The van der Waals surface area contributed by atoms with Crippen LogP contribution in [0, 0.1) is 12.3 Å². The van der Waals surface area contributed by atoms with Crippen LogP contribution in [0.5, 0.6) is 0 Å². The first-order valence-corrected chi connectivity index (χ1v) is 8.23. The molecule has 1 atom stereocenters. The number of benzene rings is 1. The smallest absolute Gasteiger partial charge is 0.221 e. The first-order valence-electron chi connectivity index (χ1n) is 6.61. The molecule has 0 aliphatic carbocycles. The minimum absolute atomic E-state index is 0.000682. The molecule has 0 fully saturated rings. The van der Waals surface area contributed by atoms with E-state index in [1.54, 1.807) is 0 Å². The fraction of sp³-hybridized carbons (Fsp3) is 0.412. The maximum Gasteiger partial charge on any atom is 0.221 e. The van der Waals surface area contributed by atoms with Crippen LogP contribution >= 0.6 is 0 Å². The molecule has 0 amide bonds. The van der Waals surface area contributed by atoms with Gasteiger partial charge in [0.1, 0.15) is 0 Å². The van der Waals surface area contributed by atoms with E-state index in [2.05, 4.69) is 45.4 Å². The molecule has 1 aromatic carbocycles. The second-order valence-electron chi connectivity index (χ2n) is 5.59. The van der Waals surface area contributed by atoms with Gasteiger partial charge in [-0.1, -0.05) is 57.2 Å². The quantitative estimate of drug-likeness (QED) is 0.412. The summed E-state index contributed by atoms with van der Waals surface area (Å²) in [6.07, 6.45) is 8.06. The molecule has 19 heavy (non-hydrogen) atoms. The van der Waals surface area contributed by atoms with Crippen LogP contribution in [0.2, 0.25) is 11.1 Å². The summed E-state index contributed by atoms with van der Waals surface area (Å²) in [6.45, 7) is 10.5. The zero-order valence-corrected chi connectivity index (χ0v) is 13.1. The van der Waals surface area contributed by atoms with E-state index in [-0.39, 0.29) is 11.1 Å². The average Bonchev–Trinajstić information content (AvgIpc) is 2.37. The molecule has 0 saturated heterocycles. The summed E-state index contributed by atoms with van der Waals surface area (Å²) in [5.74, 6) is 2.73. The Balaban J connectivity index is 2.88. The standard InChI is InChI=1S/C17H23OSi/c1-6-11-16(15-12-9-8-10-13-15)18-19(14-7-2)17(3,4)5/h1,7-10,12-13,16H,2,11,14H2,3-5H3/t16-/m0/s1. The minimum atomic E-state index is -0.992. The van der Waals surface area contributed by atoms with Gasteiger partial charge in [0, 0.05) is 6.42 Å². The predicted molar refractivity (Wildman–Crippen MR) is 84.2 cm³/mol. The molecule has 0 unspecified atom stereocenters. The molecule has 0 aliphatic heterocycles. The Bertz CT molecular complexity index is 425. The third-order valence-corrected chi connectivity index (χ3v) is 5.83. The summed E-state index contributed by atoms with van der Waals surface area (Å²) in [6, 6.07) is 11.2. The normalized spacial score (nSPS) is 13.0. The Kier molecular flexibility index (Phi) is 6.07. The van der Waals surface area contributed by atoms with Crippen LogP contribution in [0.3, 0.4) is 0 Å². The molecular weight excluding hydrogens is 248 g/mol. The van der Waals surface area contributed by atoms with E-state index in [0.717, 1.165) is 11.6 Å². The first kappa shape index (κ1) is 15.8. The van der Waals surface area contributed by atoms with E-state index >= 15 is 0 Å². The highest BCUT2D eigenvalue weighted by atomic mass is 28.3. The molecule has 0 saturated carbocycles. The van der Waals surface area contributed by atoms with E-state index in [1.807, 2.05) is 24.3 Å². The van der Waals surface area contributed by atoms with E-state index < -0.39 is 9.04 Å². The number of hydrogen-bond acceptors (Lipinski definition) is 1. The average molecular weight is 271 g/mol. The fourth-order valence-corrected chi connectivity index (χ4v) is 3.72. The summed E-state index contributed by atoms with van der Waals surface area (Å²) in [4.78, 5) is 0. The van der Waals surface area contributed by atoms with Crippen LogP contribution in [0.15, 0.2) is 43.0 Å². The Morgan fingerprint density at radius 3 is 2.47 bits per heavy atom. The van der Waals surface area contributed by atoms with Crippen LogP contribution in [0.25, 0.3) is 0 Å². The van der Waals surface area contributed by atoms with Crippen molar-refractivity contribution in [3.8, 4) is 12.3 Å². The number of terminal acetylenes is 1. The zero-order chi connectivity index (χ0) is 14.3. The predicted octanol–water partition coefficient (Wildman–Crippen LogP) is 4.75. The highest BCUT2D eigenvalue weighted by Gasteiger charge is 2.30. The van der Waals surface area contributed by atoms with Crippen LogP contribution in [0.1, 0.15) is 38.9 Å². The van der Waals surface area contributed by atoms with Crippen LogP contribution in [-0.2, 0) is 4.43 Å². The Hall–Kier alpha value is -1.30. The van der Waals surface area contributed by atoms with Crippen LogP contribution in [0.4, 0.5) is 0 Å². The molecule has 0 bridgehead atoms. The topological polar surface area (TPSA) is 9.23 Å². The van der Waals surface area contributed by atoms with Gasteiger partial charge < -0.3 is 4.43 Å². The number of rotatable bonds is 6. The zero-order valence-electron chi connectivity index (χ0n) is 12.1. The van der Waals surface area contributed by atoms with Gasteiger partial charge in [0.05, 0.1) is 6.10 Å². The summed E-state index contributed by atoms with van der Waals surface area (Å²) in [7, 11) is -0.992. The van der Waals surface area contributed by atoms with Crippen molar-refractivity contribution in [2.75, 3.05) is 0 Å². The molecule has 0 spiro atoms. The maximum absolute atomic E-state index is 6.37. The first-order chi connectivity index (χ1) is 8.99. The van der Waals surface area contributed by atoms with Crippen LogP contribution in [-0.4, -0.2) is 9.04 Å². The largest absolute Gasteiger partial charge is 0.408 e. The van der Waals surface area contributed by atoms with Gasteiger partial charge in [-0.05, 0) is 16.6 Å². The Labute approximate surface area is 119 Å². The molecule has 0 N–H and O–H groups in total. The highest BCUT2D eigenvalue weighted by Crippen LogP contribution is 2.34. The van der Waals surface area contributed by atoms with Crippen molar-refractivity contribution < 1.29 is 4.43 Å². The molecule has 2 heteroatoms. The van der Waals surface area contributed by atoms with Crippen molar-refractivity contribution in [3.63, 3.8) is 0 Å². The van der Waals surface area contributed by atoms with Crippen molar-refractivity contribution >= 4 is 9.04 Å². The molecule has 1 nitrogen and oxygen atoms in total. The molecule has 1 rings (SSSR count). The molecule has 1 aromatic rings. The summed E-state index contributed by atoms with van der Waals surface area (Å²) in [5.41, 5.74) is 1.16. The van der Waals surface area contributed by atoms with Crippen molar-refractivity contribution in [2.24, 2.45) is 0 Å². The lowest BCUT2D eigenvalue weighted by atomic mass is 10.1. The van der Waals surface area contributed by atoms with Crippen molar-refractivity contribution in [1.82, 2.24) is 0 Å². The van der Waals surface area contributed by atoms with Gasteiger partial charge in [-0.25, -0.2) is 0 Å². The number of hydrogen-bond donors (Lipinski definition) is 0. The van der Waals surface area contributed by atoms with Crippen LogP contribution < -0.4 is 0 Å². The third kappa shape index (κ3) is 5.06. The third-order valence-electron chi connectivity index (χ3n) is 2.93. The molecule has 1 radical (unpaired) electrons. The molecule has 0 aromatic heterocycles. The fourth-order valence-electron chi connectivity index (χ4n) is 1.84. The van der Waals surface area contributed by atoms with Gasteiger partial charge in [0.25, 0.3) is 0 Å². The molecular formula is C17H23OSi. The summed E-state index contributed by atoms with van der Waals surface area (Å²) < 4.78 is 6.37. The van der Waals surface area contributed by atoms with Gasteiger partial charge in [0.15, 0.2) is 0 Å². The molecule has 101 valence electrons. The van der Waals surface area contributed by atoms with Gasteiger partial charge in [-0.2, -0.15) is 0 Å². The Morgan fingerprint density at radius 1 is 1.37 bits per heavy atom. The van der Waals surface area contributed by atoms with Gasteiger partial charge in [-0.15, -0.1) is 18.9 Å². The second-order valence-corrected chi connectivity index (χ2v) is 8.58. The molecule has 0 aliphatic rings. The number of allylic oxidation sites excluding steroid dienone is 1. The van der Waals surface area contributed by atoms with Gasteiger partial charge in [-0.3, -0.25) is 0 Å². The van der Waals surface area contributed by atoms with Gasteiger partial charge >= 0.3 is 0 Å². The SMILES string of the molecule is C#CC[C@H](O[Si](CC=C)C(C)(C)C)c1ccccc1. The molecule has 0 heterocycles. The monoisotopic (exact) mass is 271 g/mol. The van der Waals surface area contributed by atoms with Gasteiger partial charge in [0.2, 0.25) is 9.04 Å². The van der Waals surface area contributed by atoms with E-state index in [0.29, 0.717) is 6.42 Å². The van der Waals surface area contributed by atoms with Crippen molar-refractivity contribution in [2.45, 2.75) is 44.4 Å². The highest BCUT2D eigenvalue weighted by molar-refractivity contribution is 6.55. The van der Waals surface area contributed by atoms with E-state index in [9.17, 15) is 0 Å². The van der Waals surface area contributed by atoms with E-state index in [4.69, 9.17) is 10.8 Å². The maximum atomic E-state index is 6.37. The summed E-state index contributed by atoms with van der Waals surface area (Å²) >= 11 is 0. The minimum Gasteiger partial charge on any atom is -0.408 e. The van der Waals surface area contributed by atoms with E-state index in [1.165, 1.54) is 0 Å². The Morgan fingerprint density at radius 2 is 2.00 bits per heavy atom.